The summed E-state index contributed by atoms with van der Waals surface area (Å²) in [4.78, 5) is 26.0. The number of aromatic nitrogens is 1. The Morgan fingerprint density at radius 1 is 0.697 bits per heavy atom. The molecule has 7 heteroatoms. The number of H-pyrrole nitrogens is 1. The first-order valence-corrected chi connectivity index (χ1v) is 11.6. The van der Waals surface area contributed by atoms with E-state index in [1.807, 2.05) is 60.7 Å². The standard InChI is InChI=1S/C26H29N5O2/c32-25(23-3-1-15-27-23)29-19-9-5-17(6-10-19)21-13-14-22(31-21)18-7-11-20(12-8-18)30-26(33)24-4-2-16-28-24/h5-14,23-24,27-28,31H,1-4,15-16H2,(H,29,32)(H,30,33)/i/hD. The summed E-state index contributed by atoms with van der Waals surface area (Å²) in [6.45, 7) is 1.77. The zero-order valence-electron chi connectivity index (χ0n) is 19.4. The number of carbonyl (C=O) groups is 2. The quantitative estimate of drug-likeness (QED) is 0.400. The number of benzene rings is 2. The second-order valence-electron chi connectivity index (χ2n) is 8.65. The van der Waals surface area contributed by atoms with Gasteiger partial charge in [-0.05, 0) is 86.3 Å². The number of anilines is 2. The van der Waals surface area contributed by atoms with Crippen LogP contribution in [0.5, 0.6) is 0 Å². The summed E-state index contributed by atoms with van der Waals surface area (Å²) < 4.78 is 8.62. The highest BCUT2D eigenvalue weighted by molar-refractivity contribution is 5.96. The van der Waals surface area contributed by atoms with Crippen LogP contribution in [-0.2, 0) is 9.59 Å². The molecule has 0 aliphatic carbocycles. The fraction of sp³-hybridized carbons (Fsp3) is 0.308. The van der Waals surface area contributed by atoms with Crippen LogP contribution < -0.4 is 21.3 Å². The van der Waals surface area contributed by atoms with E-state index in [4.69, 9.17) is 1.41 Å². The molecule has 0 saturated carbocycles. The SMILES string of the molecule is [2H]n1c(-c2ccc(NC(=O)C3CCCN3)cc2)ccc1-c1ccc(NC(=O)C2CCCN2)cc1. The van der Waals surface area contributed by atoms with Gasteiger partial charge in [0.1, 0.15) is 0 Å². The van der Waals surface area contributed by atoms with Crippen molar-refractivity contribution in [3.63, 3.8) is 0 Å². The number of aromatic amines is 1. The van der Waals surface area contributed by atoms with Crippen LogP contribution in [0.3, 0.4) is 0 Å². The highest BCUT2D eigenvalue weighted by Crippen LogP contribution is 2.27. The lowest BCUT2D eigenvalue weighted by Crippen LogP contribution is -2.35. The lowest BCUT2D eigenvalue weighted by Gasteiger charge is -2.11. The van der Waals surface area contributed by atoms with Crippen molar-refractivity contribution in [2.24, 2.45) is 0 Å². The maximum absolute atomic E-state index is 12.3. The summed E-state index contributed by atoms with van der Waals surface area (Å²) in [5.74, 6) is -0.00825. The van der Waals surface area contributed by atoms with Gasteiger partial charge in [-0.25, -0.2) is 0 Å². The van der Waals surface area contributed by atoms with Crippen molar-refractivity contribution >= 4 is 23.2 Å². The van der Waals surface area contributed by atoms with Crippen molar-refractivity contribution in [3.8, 4) is 22.5 Å². The van der Waals surface area contributed by atoms with E-state index in [2.05, 4.69) is 21.3 Å². The molecular weight excluding hydrogens is 414 g/mol. The van der Waals surface area contributed by atoms with Gasteiger partial charge in [0, 0.05) is 22.8 Å². The second-order valence-corrected chi connectivity index (χ2v) is 8.65. The molecule has 5 rings (SSSR count). The van der Waals surface area contributed by atoms with Gasteiger partial charge in [0.05, 0.1) is 12.1 Å². The molecule has 0 radical (unpaired) electrons. The Balaban J connectivity index is 1.25. The van der Waals surface area contributed by atoms with Gasteiger partial charge in [-0.2, -0.15) is 0 Å². The summed E-state index contributed by atoms with van der Waals surface area (Å²) >= 11 is 0. The van der Waals surface area contributed by atoms with Gasteiger partial charge in [0.15, 0.2) is 1.41 Å². The molecule has 2 atom stereocenters. The minimum Gasteiger partial charge on any atom is -0.355 e. The van der Waals surface area contributed by atoms with E-state index in [1.54, 1.807) is 0 Å². The molecule has 0 spiro atoms. The summed E-state index contributed by atoms with van der Waals surface area (Å²) in [5, 5.41) is 12.3. The van der Waals surface area contributed by atoms with Gasteiger partial charge in [0.2, 0.25) is 11.8 Å². The number of amides is 2. The van der Waals surface area contributed by atoms with Crippen LogP contribution in [0.4, 0.5) is 11.4 Å². The molecule has 0 bridgehead atoms. The Labute approximate surface area is 194 Å². The van der Waals surface area contributed by atoms with E-state index in [1.165, 1.54) is 4.98 Å². The van der Waals surface area contributed by atoms with Gasteiger partial charge in [-0.15, -0.1) is 0 Å². The Hall–Kier alpha value is -3.42. The minimum absolute atomic E-state index is 0.00413. The highest BCUT2D eigenvalue weighted by Gasteiger charge is 2.22. The number of rotatable bonds is 6. The molecule has 2 aliphatic rings. The third-order valence-electron chi connectivity index (χ3n) is 6.29. The predicted octanol–water partition coefficient (Wildman–Crippen LogP) is 3.73. The maximum atomic E-state index is 12.3. The molecule has 2 fully saturated rings. The second kappa shape index (κ2) is 9.60. The normalized spacial score (nSPS) is 20.4. The number of hydrogen-bond acceptors (Lipinski definition) is 4. The molecule has 5 N–H and O–H groups in total. The van der Waals surface area contributed by atoms with Crippen molar-refractivity contribution in [3.05, 3.63) is 60.7 Å². The number of nitrogens with one attached hydrogen (secondary N) is 5. The van der Waals surface area contributed by atoms with Crippen LogP contribution in [0.1, 0.15) is 25.7 Å². The fourth-order valence-electron chi connectivity index (χ4n) is 4.41. The summed E-state index contributed by atoms with van der Waals surface area (Å²) in [5.41, 5.74) is 4.80. The van der Waals surface area contributed by atoms with Gasteiger partial charge in [0.25, 0.3) is 0 Å². The molecular formula is C26H29N5O2. The largest absolute Gasteiger partial charge is 0.355 e. The van der Waals surface area contributed by atoms with E-state index in [-0.39, 0.29) is 23.9 Å². The molecule has 2 aliphatic heterocycles. The molecule has 3 aromatic rings. The summed E-state index contributed by atoms with van der Waals surface area (Å²) in [6, 6.07) is 18.7. The van der Waals surface area contributed by atoms with E-state index < -0.39 is 0 Å². The fourth-order valence-corrected chi connectivity index (χ4v) is 4.41. The van der Waals surface area contributed by atoms with Crippen LogP contribution >= 0.6 is 0 Å². The zero-order valence-corrected chi connectivity index (χ0v) is 18.4. The lowest BCUT2D eigenvalue weighted by molar-refractivity contribution is -0.118. The van der Waals surface area contributed by atoms with Gasteiger partial charge in [-0.3, -0.25) is 9.59 Å². The van der Waals surface area contributed by atoms with Crippen molar-refractivity contribution in [2.45, 2.75) is 37.8 Å². The average molecular weight is 445 g/mol. The van der Waals surface area contributed by atoms with Crippen molar-refractivity contribution < 1.29 is 11.0 Å². The van der Waals surface area contributed by atoms with Crippen LogP contribution in [0.2, 0.25) is 1.41 Å². The molecule has 2 aromatic carbocycles. The molecule has 33 heavy (non-hydrogen) atoms. The first-order valence-electron chi connectivity index (χ1n) is 12.0. The Bertz CT molecular complexity index is 1070. The summed E-state index contributed by atoms with van der Waals surface area (Å²) in [7, 11) is 0. The topological polar surface area (TPSA) is 98.1 Å². The molecule has 1 aromatic heterocycles. The number of hydrogen-bond donors (Lipinski definition) is 5. The van der Waals surface area contributed by atoms with Crippen LogP contribution in [0.15, 0.2) is 60.7 Å². The lowest BCUT2D eigenvalue weighted by atomic mass is 10.1. The molecule has 2 amide bonds. The number of carbonyl (C=O) groups excluding carboxylic acids is 2. The summed E-state index contributed by atoms with van der Waals surface area (Å²) in [6.07, 6.45) is 3.78. The van der Waals surface area contributed by atoms with E-state index in [0.717, 1.165) is 72.7 Å². The molecule has 170 valence electrons. The molecule has 7 nitrogen and oxygen atoms in total. The first-order chi connectivity index (χ1) is 16.6. The molecule has 3 heterocycles. The van der Waals surface area contributed by atoms with Crippen LogP contribution in [0, 0.1) is 0 Å². The van der Waals surface area contributed by atoms with E-state index in [9.17, 15) is 9.59 Å². The zero-order chi connectivity index (χ0) is 23.5. The van der Waals surface area contributed by atoms with Crippen LogP contribution in [0.25, 0.3) is 22.5 Å². The van der Waals surface area contributed by atoms with Crippen molar-refractivity contribution in [2.75, 3.05) is 23.7 Å². The van der Waals surface area contributed by atoms with Crippen LogP contribution in [-0.4, -0.2) is 42.0 Å². The third-order valence-corrected chi connectivity index (χ3v) is 6.29. The van der Waals surface area contributed by atoms with Crippen molar-refractivity contribution in [1.82, 2.24) is 15.6 Å². The predicted molar refractivity (Wildman–Crippen MR) is 131 cm³/mol. The first kappa shape index (κ1) is 20.2. The van der Waals surface area contributed by atoms with E-state index in [0.29, 0.717) is 0 Å². The smallest absolute Gasteiger partial charge is 0.241 e. The molecule has 2 unspecified atom stereocenters. The Kier molecular flexibility index (Phi) is 5.88. The van der Waals surface area contributed by atoms with E-state index >= 15 is 0 Å². The minimum atomic E-state index is -0.119. The monoisotopic (exact) mass is 444 g/mol. The third kappa shape index (κ3) is 4.99. The van der Waals surface area contributed by atoms with Crippen molar-refractivity contribution in [1.29, 1.82) is 0 Å². The molecule has 2 saturated heterocycles. The average Bonchev–Trinajstić information content (AvgIpc) is 3.63. The Morgan fingerprint density at radius 3 is 1.48 bits per heavy atom. The van der Waals surface area contributed by atoms with Gasteiger partial charge in [-0.1, -0.05) is 24.3 Å². The Morgan fingerprint density at radius 2 is 1.12 bits per heavy atom. The van der Waals surface area contributed by atoms with Gasteiger partial charge < -0.3 is 26.2 Å². The van der Waals surface area contributed by atoms with Gasteiger partial charge >= 0.3 is 0 Å². The maximum Gasteiger partial charge on any atom is 0.241 e. The highest BCUT2D eigenvalue weighted by atomic mass is 16.2.